The molecule has 2 aromatic heterocycles. The van der Waals surface area contributed by atoms with E-state index in [0.717, 1.165) is 0 Å². The first-order valence-electron chi connectivity index (χ1n) is 9.24. The number of nitrogens with two attached hydrogens (primary N) is 1. The van der Waals surface area contributed by atoms with Crippen LogP contribution in [0.4, 0.5) is 5.82 Å². The van der Waals surface area contributed by atoms with Crippen molar-refractivity contribution in [2.24, 2.45) is 5.10 Å². The minimum Gasteiger partial charge on any atom is -0.454 e. The molecule has 14 heteroatoms. The Morgan fingerprint density at radius 2 is 1.97 bits per heavy atom. The van der Waals surface area contributed by atoms with E-state index in [-0.39, 0.29) is 29.8 Å². The number of halogens is 2. The summed E-state index contributed by atoms with van der Waals surface area (Å²) in [7, 11) is 0. The van der Waals surface area contributed by atoms with Gasteiger partial charge in [0.15, 0.2) is 17.2 Å². The molecule has 4 aromatic rings. The first-order valence-corrected chi connectivity index (χ1v) is 9.99. The number of hydrazone groups is 1. The van der Waals surface area contributed by atoms with Crippen LogP contribution in [0.1, 0.15) is 16.1 Å². The smallest absolute Gasteiger partial charge is 0.294 e. The average molecular weight is 487 g/mol. The molecule has 0 spiro atoms. The van der Waals surface area contributed by atoms with Crippen molar-refractivity contribution in [2.75, 3.05) is 12.5 Å². The van der Waals surface area contributed by atoms with Crippen molar-refractivity contribution >= 4 is 41.1 Å². The molecule has 166 valence electrons. The largest absolute Gasteiger partial charge is 0.454 e. The van der Waals surface area contributed by atoms with Gasteiger partial charge in [0.1, 0.15) is 5.69 Å². The van der Waals surface area contributed by atoms with E-state index in [1.54, 1.807) is 36.4 Å². The maximum Gasteiger partial charge on any atom is 0.294 e. The second-order valence-electron chi connectivity index (χ2n) is 6.61. The lowest BCUT2D eigenvalue weighted by molar-refractivity contribution is 0.0950. The highest BCUT2D eigenvalue weighted by molar-refractivity contribution is 6.42. The third kappa shape index (κ3) is 3.92. The number of carbonyl (C=O) groups is 1. The number of nitrogens with zero attached hydrogens (tertiary/aromatic N) is 6. The van der Waals surface area contributed by atoms with Crippen molar-refractivity contribution < 1.29 is 18.9 Å². The van der Waals surface area contributed by atoms with Crippen molar-refractivity contribution in [2.45, 2.75) is 0 Å². The van der Waals surface area contributed by atoms with E-state index in [9.17, 15) is 4.79 Å². The molecule has 0 saturated heterocycles. The second kappa shape index (κ2) is 8.41. The number of carbonyl (C=O) groups excluding carboxylic acids is 1. The number of nitrogens with one attached hydrogen (secondary N) is 1. The van der Waals surface area contributed by atoms with Crippen LogP contribution in [0.15, 0.2) is 46.1 Å². The first kappa shape index (κ1) is 20.7. The van der Waals surface area contributed by atoms with Gasteiger partial charge >= 0.3 is 0 Å². The highest BCUT2D eigenvalue weighted by atomic mass is 35.5. The van der Waals surface area contributed by atoms with E-state index < -0.39 is 5.91 Å². The zero-order chi connectivity index (χ0) is 22.9. The van der Waals surface area contributed by atoms with Crippen LogP contribution in [0.2, 0.25) is 10.0 Å². The number of ether oxygens (including phenoxy) is 2. The number of amides is 1. The van der Waals surface area contributed by atoms with Crippen molar-refractivity contribution in [1.29, 1.82) is 0 Å². The summed E-state index contributed by atoms with van der Waals surface area (Å²) in [4.78, 5) is 12.9. The Hall–Kier alpha value is -4.16. The fourth-order valence-electron chi connectivity index (χ4n) is 3.03. The van der Waals surface area contributed by atoms with E-state index in [1.807, 2.05) is 0 Å². The number of fused-ring (bicyclic) bond motifs is 1. The predicted octanol–water partition coefficient (Wildman–Crippen LogP) is 2.70. The van der Waals surface area contributed by atoms with Gasteiger partial charge in [0.2, 0.25) is 18.4 Å². The zero-order valence-electron chi connectivity index (χ0n) is 16.4. The quantitative estimate of drug-likeness (QED) is 0.319. The molecule has 3 N–H and O–H groups in total. The summed E-state index contributed by atoms with van der Waals surface area (Å²) < 4.78 is 16.7. The Labute approximate surface area is 194 Å². The van der Waals surface area contributed by atoms with Gasteiger partial charge in [-0.2, -0.15) is 9.78 Å². The molecule has 0 radical (unpaired) electrons. The van der Waals surface area contributed by atoms with E-state index in [0.29, 0.717) is 32.7 Å². The number of rotatable bonds is 5. The summed E-state index contributed by atoms with van der Waals surface area (Å²) in [6, 6.07) is 10.0. The maximum atomic E-state index is 12.9. The molecule has 1 aliphatic heterocycles. The Balaban J connectivity index is 1.50. The van der Waals surface area contributed by atoms with Gasteiger partial charge < -0.3 is 15.2 Å². The lowest BCUT2D eigenvalue weighted by Crippen LogP contribution is -2.19. The molecule has 5 rings (SSSR count). The number of aromatic nitrogens is 5. The number of hydrogen-bond acceptors (Lipinski definition) is 10. The van der Waals surface area contributed by atoms with Gasteiger partial charge in [0, 0.05) is 5.56 Å². The molecular formula is C19H12Cl2N8O4. The van der Waals surface area contributed by atoms with Gasteiger partial charge in [0.25, 0.3) is 5.91 Å². The van der Waals surface area contributed by atoms with Crippen molar-refractivity contribution in [1.82, 2.24) is 30.7 Å². The molecule has 33 heavy (non-hydrogen) atoms. The predicted molar refractivity (Wildman–Crippen MR) is 117 cm³/mol. The van der Waals surface area contributed by atoms with Gasteiger partial charge in [-0.3, -0.25) is 4.79 Å². The fraction of sp³-hybridized carbons (Fsp3) is 0.0526. The summed E-state index contributed by atoms with van der Waals surface area (Å²) in [6.45, 7) is 0.0905. The standard InChI is InChI=1S/C19H12Cl2N8O4/c20-11-3-1-9(5-12(11)21)7-23-25-19(30)15-16(10-2-4-13-14(6-10)32-8-31-13)29(28-24-15)18-17(22)26-33-27-18/h1-7H,8H2,(H2,22,26)(H,25,30). The SMILES string of the molecule is Nc1nonc1-n1nnc(C(=O)NN=Cc2ccc(Cl)c(Cl)c2)c1-c1ccc2c(c1)OCO2. The molecule has 1 aliphatic rings. The molecule has 0 saturated carbocycles. The molecule has 1 amide bonds. The number of nitrogen functional groups attached to an aromatic ring is 1. The monoisotopic (exact) mass is 486 g/mol. The third-order valence-corrected chi connectivity index (χ3v) is 5.29. The second-order valence-corrected chi connectivity index (χ2v) is 7.43. The van der Waals surface area contributed by atoms with E-state index in [2.05, 4.69) is 35.8 Å². The number of hydrogen-bond donors (Lipinski definition) is 2. The number of benzene rings is 2. The zero-order valence-corrected chi connectivity index (χ0v) is 17.9. The lowest BCUT2D eigenvalue weighted by atomic mass is 10.1. The topological polar surface area (TPSA) is 156 Å². The van der Waals surface area contributed by atoms with Crippen molar-refractivity contribution in [3.63, 3.8) is 0 Å². The fourth-order valence-corrected chi connectivity index (χ4v) is 3.34. The molecule has 0 fully saturated rings. The van der Waals surface area contributed by atoms with Gasteiger partial charge in [-0.05, 0) is 46.2 Å². The maximum absolute atomic E-state index is 12.9. The van der Waals surface area contributed by atoms with Gasteiger partial charge in [-0.25, -0.2) is 10.1 Å². The Bertz CT molecular complexity index is 1400. The summed E-state index contributed by atoms with van der Waals surface area (Å²) in [5.41, 5.74) is 9.60. The molecule has 12 nitrogen and oxygen atoms in total. The van der Waals surface area contributed by atoms with Crippen LogP contribution < -0.4 is 20.6 Å². The van der Waals surface area contributed by atoms with Crippen LogP contribution in [-0.2, 0) is 0 Å². The third-order valence-electron chi connectivity index (χ3n) is 4.55. The van der Waals surface area contributed by atoms with Crippen molar-refractivity contribution in [3.05, 3.63) is 57.7 Å². The van der Waals surface area contributed by atoms with Gasteiger partial charge in [-0.1, -0.05) is 34.5 Å². The summed E-state index contributed by atoms with van der Waals surface area (Å²) in [5, 5.41) is 20.0. The van der Waals surface area contributed by atoms with Crippen LogP contribution in [-0.4, -0.2) is 44.2 Å². The van der Waals surface area contributed by atoms with Crippen LogP contribution in [0, 0.1) is 0 Å². The Morgan fingerprint density at radius 3 is 2.76 bits per heavy atom. The Morgan fingerprint density at radius 1 is 1.12 bits per heavy atom. The highest BCUT2D eigenvalue weighted by Crippen LogP contribution is 2.37. The first-order chi connectivity index (χ1) is 16.0. The summed E-state index contributed by atoms with van der Waals surface area (Å²) >= 11 is 11.9. The summed E-state index contributed by atoms with van der Waals surface area (Å²) in [5.74, 6) is 0.452. The van der Waals surface area contributed by atoms with E-state index in [4.69, 9.17) is 38.4 Å². The molecule has 0 unspecified atom stereocenters. The van der Waals surface area contributed by atoms with Gasteiger partial charge in [-0.15, -0.1) is 5.10 Å². The normalized spacial score (nSPS) is 12.4. The Kier molecular flexibility index (Phi) is 5.28. The lowest BCUT2D eigenvalue weighted by Gasteiger charge is -2.07. The van der Waals surface area contributed by atoms with Gasteiger partial charge in [0.05, 0.1) is 16.3 Å². The molecule has 3 heterocycles. The van der Waals surface area contributed by atoms with Crippen molar-refractivity contribution in [3.8, 4) is 28.6 Å². The number of anilines is 1. The van der Waals surface area contributed by atoms with Crippen LogP contribution in [0.3, 0.4) is 0 Å². The molecule has 0 aliphatic carbocycles. The molecule has 0 atom stereocenters. The minimum absolute atomic E-state index is 0.0357. The molecule has 0 bridgehead atoms. The van der Waals surface area contributed by atoms with Crippen LogP contribution in [0.25, 0.3) is 17.1 Å². The molecule has 2 aromatic carbocycles. The van der Waals surface area contributed by atoms with Crippen LogP contribution in [0.5, 0.6) is 11.5 Å². The minimum atomic E-state index is -0.639. The highest BCUT2D eigenvalue weighted by Gasteiger charge is 2.26. The van der Waals surface area contributed by atoms with Crippen LogP contribution >= 0.6 is 23.2 Å². The molecular weight excluding hydrogens is 475 g/mol. The summed E-state index contributed by atoms with van der Waals surface area (Å²) in [6.07, 6.45) is 1.41. The van der Waals surface area contributed by atoms with E-state index >= 15 is 0 Å². The van der Waals surface area contributed by atoms with E-state index in [1.165, 1.54) is 10.9 Å². The average Bonchev–Trinajstić information content (AvgIpc) is 3.54.